The van der Waals surface area contributed by atoms with Gasteiger partial charge in [0.25, 0.3) is 15.9 Å². The van der Waals surface area contributed by atoms with E-state index in [2.05, 4.69) is 10.6 Å². The van der Waals surface area contributed by atoms with E-state index in [-0.39, 0.29) is 10.8 Å². The monoisotopic (exact) mass is 509 g/mol. The molecule has 2 unspecified atom stereocenters. The quantitative estimate of drug-likeness (QED) is 0.432. The van der Waals surface area contributed by atoms with Crippen molar-refractivity contribution in [3.05, 3.63) is 58.6 Å². The van der Waals surface area contributed by atoms with Gasteiger partial charge < -0.3 is 20.5 Å². The van der Waals surface area contributed by atoms with E-state index in [9.17, 15) is 23.1 Å². The highest BCUT2D eigenvalue weighted by molar-refractivity contribution is 7.90. The topological polar surface area (TPSA) is 134 Å². The first-order chi connectivity index (χ1) is 16.2. The van der Waals surface area contributed by atoms with Crippen LogP contribution in [0.4, 0.5) is 4.79 Å². The van der Waals surface area contributed by atoms with Gasteiger partial charge in [0.2, 0.25) is 0 Å². The van der Waals surface area contributed by atoms with Crippen molar-refractivity contribution in [3.8, 4) is 5.75 Å². The lowest BCUT2D eigenvalue weighted by Crippen LogP contribution is -2.50. The summed E-state index contributed by atoms with van der Waals surface area (Å²) in [5, 5.41) is 15.7. The minimum atomic E-state index is -4.07. The maximum Gasteiger partial charge on any atom is 0.329 e. The molecule has 3 rings (SSSR count). The summed E-state index contributed by atoms with van der Waals surface area (Å²) >= 11 is 5.96. The van der Waals surface area contributed by atoms with Gasteiger partial charge in [0.05, 0.1) is 29.7 Å². The molecule has 9 nitrogen and oxygen atoms in total. The van der Waals surface area contributed by atoms with E-state index in [0.717, 1.165) is 18.4 Å². The van der Waals surface area contributed by atoms with Crippen LogP contribution in [0.1, 0.15) is 41.6 Å². The smallest absolute Gasteiger partial charge is 0.329 e. The molecule has 0 aliphatic heterocycles. The molecule has 2 aromatic carbocycles. The molecular formula is C23H28ClN3O6S. The first kappa shape index (κ1) is 25.8. The van der Waals surface area contributed by atoms with Gasteiger partial charge in [-0.3, -0.25) is 4.79 Å². The fourth-order valence-electron chi connectivity index (χ4n) is 3.77. The normalized spacial score (nSPS) is 18.1. The van der Waals surface area contributed by atoms with Crippen LogP contribution in [-0.4, -0.2) is 51.3 Å². The Bertz CT molecular complexity index is 1120. The fourth-order valence-corrected chi connectivity index (χ4v) is 4.85. The van der Waals surface area contributed by atoms with Crippen molar-refractivity contribution in [2.24, 2.45) is 0 Å². The number of nitrogens with one attached hydrogen (secondary N) is 3. The lowest BCUT2D eigenvalue weighted by Gasteiger charge is -2.28. The van der Waals surface area contributed by atoms with Crippen molar-refractivity contribution in [2.75, 3.05) is 13.7 Å². The number of carbonyl (C=O) groups excluding carboxylic acids is 2. The van der Waals surface area contributed by atoms with Gasteiger partial charge in [-0.05, 0) is 55.2 Å². The van der Waals surface area contributed by atoms with Crippen LogP contribution in [0.15, 0.2) is 47.4 Å². The molecule has 1 fully saturated rings. The number of hydrogen-bond acceptors (Lipinski definition) is 6. The average molecular weight is 510 g/mol. The fraction of sp³-hybridized carbons (Fsp3) is 0.391. The lowest BCUT2D eigenvalue weighted by atomic mass is 9.93. The molecule has 0 aromatic heterocycles. The van der Waals surface area contributed by atoms with Crippen molar-refractivity contribution in [1.29, 1.82) is 0 Å². The molecule has 4 N–H and O–H groups in total. The summed E-state index contributed by atoms with van der Waals surface area (Å²) in [5.74, 6) is 0.0721. The minimum Gasteiger partial charge on any atom is -0.496 e. The van der Waals surface area contributed by atoms with Gasteiger partial charge in [0.1, 0.15) is 5.75 Å². The summed E-state index contributed by atoms with van der Waals surface area (Å²) in [6, 6.07) is 9.44. The van der Waals surface area contributed by atoms with Crippen LogP contribution in [0.25, 0.3) is 0 Å². The molecule has 11 heteroatoms. The number of carbonyl (C=O) groups is 2. The zero-order chi connectivity index (χ0) is 24.7. The summed E-state index contributed by atoms with van der Waals surface area (Å²) in [6.07, 6.45) is 2.70. The Balaban J connectivity index is 1.52. The van der Waals surface area contributed by atoms with Crippen LogP contribution in [-0.2, 0) is 16.4 Å². The molecule has 2 aromatic rings. The van der Waals surface area contributed by atoms with Crippen LogP contribution in [0.5, 0.6) is 5.75 Å². The number of amides is 3. The molecular weight excluding hydrogens is 482 g/mol. The highest BCUT2D eigenvalue weighted by atomic mass is 35.5. The highest BCUT2D eigenvalue weighted by Crippen LogP contribution is 2.22. The maximum absolute atomic E-state index is 12.5. The zero-order valence-electron chi connectivity index (χ0n) is 18.7. The lowest BCUT2D eigenvalue weighted by molar-refractivity contribution is 0.0947. The molecule has 0 heterocycles. The Morgan fingerprint density at radius 2 is 1.82 bits per heavy atom. The van der Waals surface area contributed by atoms with Gasteiger partial charge in [-0.15, -0.1) is 0 Å². The Labute approximate surface area is 203 Å². The first-order valence-electron chi connectivity index (χ1n) is 10.9. The predicted octanol–water partition coefficient (Wildman–Crippen LogP) is 2.61. The second kappa shape index (κ2) is 11.5. The van der Waals surface area contributed by atoms with Crippen LogP contribution in [0, 0.1) is 0 Å². The Hall–Kier alpha value is -2.82. The maximum atomic E-state index is 12.5. The third-order valence-electron chi connectivity index (χ3n) is 5.61. The van der Waals surface area contributed by atoms with E-state index < -0.39 is 28.2 Å². The Morgan fingerprint density at radius 1 is 1.12 bits per heavy atom. The number of sulfonamides is 1. The van der Waals surface area contributed by atoms with Gasteiger partial charge in [-0.2, -0.15) is 0 Å². The van der Waals surface area contributed by atoms with E-state index in [4.69, 9.17) is 16.3 Å². The average Bonchev–Trinajstić information content (AvgIpc) is 2.80. The summed E-state index contributed by atoms with van der Waals surface area (Å²) < 4.78 is 32.2. The first-order valence-corrected chi connectivity index (χ1v) is 12.8. The van der Waals surface area contributed by atoms with E-state index >= 15 is 0 Å². The number of ether oxygens (including phenoxy) is 1. The standard InChI is InChI=1S/C23H28ClN3O6S/c1-33-21-11-8-16(24)14-18(21)22(29)25-13-12-15-6-9-17(10-7-15)34(31,32)27-23(30)26-19-4-2-3-5-20(19)28/h6-11,14,19-20,28H,2-5,12-13H2,1H3,(H,25,29)(H2,26,27,30). The minimum absolute atomic E-state index is 0.0664. The largest absolute Gasteiger partial charge is 0.496 e. The van der Waals surface area contributed by atoms with Crippen LogP contribution < -0.4 is 20.1 Å². The third-order valence-corrected chi connectivity index (χ3v) is 7.19. The van der Waals surface area contributed by atoms with Crippen molar-refractivity contribution < 1.29 is 27.9 Å². The molecule has 0 radical (unpaired) electrons. The van der Waals surface area contributed by atoms with E-state index in [1.54, 1.807) is 24.3 Å². The van der Waals surface area contributed by atoms with Gasteiger partial charge in [-0.25, -0.2) is 17.9 Å². The van der Waals surface area contributed by atoms with E-state index in [0.29, 0.717) is 42.1 Å². The molecule has 1 aliphatic rings. The SMILES string of the molecule is COc1ccc(Cl)cc1C(=O)NCCc1ccc(S(=O)(=O)NC(=O)NC2CCCCC2O)cc1. The molecule has 1 aliphatic carbocycles. The number of methoxy groups -OCH3 is 1. The summed E-state index contributed by atoms with van der Waals surface area (Å²) in [6.45, 7) is 0.310. The zero-order valence-corrected chi connectivity index (χ0v) is 20.3. The summed E-state index contributed by atoms with van der Waals surface area (Å²) in [4.78, 5) is 24.5. The van der Waals surface area contributed by atoms with Crippen LogP contribution in [0.2, 0.25) is 5.02 Å². The van der Waals surface area contributed by atoms with E-state index in [1.807, 2.05) is 4.72 Å². The number of rotatable bonds is 8. The summed E-state index contributed by atoms with van der Waals surface area (Å²) in [7, 11) is -2.60. The number of aliphatic hydroxyl groups excluding tert-OH is 1. The number of benzene rings is 2. The molecule has 34 heavy (non-hydrogen) atoms. The Morgan fingerprint density at radius 3 is 2.50 bits per heavy atom. The molecule has 3 amide bonds. The molecule has 0 saturated heterocycles. The summed E-state index contributed by atoms with van der Waals surface area (Å²) in [5.41, 5.74) is 1.12. The van der Waals surface area contributed by atoms with Gasteiger partial charge >= 0.3 is 6.03 Å². The second-order valence-corrected chi connectivity index (χ2v) is 10.2. The van der Waals surface area contributed by atoms with Crippen molar-refractivity contribution in [1.82, 2.24) is 15.4 Å². The second-order valence-electron chi connectivity index (χ2n) is 8.03. The molecule has 1 saturated carbocycles. The molecule has 2 atom stereocenters. The third kappa shape index (κ3) is 6.85. The highest BCUT2D eigenvalue weighted by Gasteiger charge is 2.26. The van der Waals surface area contributed by atoms with Gasteiger partial charge in [-0.1, -0.05) is 36.6 Å². The van der Waals surface area contributed by atoms with Gasteiger partial charge in [0, 0.05) is 11.6 Å². The molecule has 0 spiro atoms. The number of aliphatic hydroxyl groups is 1. The van der Waals surface area contributed by atoms with Crippen LogP contribution in [0.3, 0.4) is 0 Å². The molecule has 184 valence electrons. The van der Waals surface area contributed by atoms with Crippen LogP contribution >= 0.6 is 11.6 Å². The van der Waals surface area contributed by atoms with Crippen molar-refractivity contribution in [3.63, 3.8) is 0 Å². The van der Waals surface area contributed by atoms with Gasteiger partial charge in [0.15, 0.2) is 0 Å². The Kier molecular flexibility index (Phi) is 8.76. The number of urea groups is 1. The molecule has 0 bridgehead atoms. The predicted molar refractivity (Wildman–Crippen MR) is 128 cm³/mol. The van der Waals surface area contributed by atoms with Crippen molar-refractivity contribution >= 4 is 33.6 Å². The number of halogens is 1. The number of hydrogen-bond donors (Lipinski definition) is 4. The van der Waals surface area contributed by atoms with E-state index in [1.165, 1.54) is 25.3 Å². The van der Waals surface area contributed by atoms with Crippen molar-refractivity contribution in [2.45, 2.75) is 49.1 Å².